The number of likely N-dealkylation sites (tertiary alicyclic amines) is 1. The Morgan fingerprint density at radius 1 is 1.08 bits per heavy atom. The van der Waals surface area contributed by atoms with Crippen LogP contribution in [-0.4, -0.2) is 90.0 Å². The molecule has 0 unspecified atom stereocenters. The van der Waals surface area contributed by atoms with Crippen LogP contribution in [0.5, 0.6) is 0 Å². The molecule has 0 aromatic heterocycles. The Bertz CT molecular complexity index is 614. The minimum atomic E-state index is -0.268. The van der Waals surface area contributed by atoms with Gasteiger partial charge in [0.1, 0.15) is 0 Å². The van der Waals surface area contributed by atoms with Crippen molar-refractivity contribution in [1.82, 2.24) is 14.7 Å². The number of benzene rings is 1. The van der Waals surface area contributed by atoms with Gasteiger partial charge in [-0.05, 0) is 31.2 Å². The second kappa shape index (κ2) is 9.50. The Labute approximate surface area is 157 Å². The summed E-state index contributed by atoms with van der Waals surface area (Å²) in [7, 11) is 2.17. The van der Waals surface area contributed by atoms with Gasteiger partial charge >= 0.3 is 0 Å². The van der Waals surface area contributed by atoms with Gasteiger partial charge in [-0.1, -0.05) is 24.0 Å². The summed E-state index contributed by atoms with van der Waals surface area (Å²) in [5.74, 6) is 6.00. The highest BCUT2D eigenvalue weighted by Crippen LogP contribution is 2.20. The molecular formula is C21H31N3O2. The van der Waals surface area contributed by atoms with Crippen LogP contribution in [0.3, 0.4) is 0 Å². The van der Waals surface area contributed by atoms with Crippen molar-refractivity contribution in [3.63, 3.8) is 0 Å². The zero-order valence-electron chi connectivity index (χ0n) is 15.8. The van der Waals surface area contributed by atoms with E-state index in [-0.39, 0.29) is 12.7 Å². The number of rotatable bonds is 4. The number of nitrogens with zero attached hydrogens (tertiary/aromatic N) is 3. The fourth-order valence-electron chi connectivity index (χ4n) is 3.88. The molecule has 142 valence electrons. The van der Waals surface area contributed by atoms with E-state index in [2.05, 4.69) is 45.7 Å². The molecule has 2 fully saturated rings. The zero-order chi connectivity index (χ0) is 18.4. The van der Waals surface area contributed by atoms with E-state index in [0.717, 1.165) is 57.8 Å². The van der Waals surface area contributed by atoms with Crippen LogP contribution in [0.1, 0.15) is 24.0 Å². The number of aliphatic hydroxyl groups excluding tert-OH is 2. The number of hydrogen-bond acceptors (Lipinski definition) is 5. The quantitative estimate of drug-likeness (QED) is 0.773. The first-order chi connectivity index (χ1) is 12.7. The summed E-state index contributed by atoms with van der Waals surface area (Å²) in [5, 5.41) is 19.4. The van der Waals surface area contributed by atoms with Gasteiger partial charge in [-0.2, -0.15) is 0 Å². The topological polar surface area (TPSA) is 50.2 Å². The van der Waals surface area contributed by atoms with Gasteiger partial charge in [-0.3, -0.25) is 9.80 Å². The van der Waals surface area contributed by atoms with Crippen LogP contribution in [0.2, 0.25) is 0 Å². The van der Waals surface area contributed by atoms with Gasteiger partial charge < -0.3 is 15.1 Å². The molecule has 2 saturated heterocycles. The molecule has 0 aliphatic carbocycles. The predicted molar refractivity (Wildman–Crippen MR) is 104 cm³/mol. The molecule has 0 radical (unpaired) electrons. The van der Waals surface area contributed by atoms with Gasteiger partial charge in [0.05, 0.1) is 12.7 Å². The highest BCUT2D eigenvalue weighted by Gasteiger charge is 2.33. The number of aliphatic hydroxyl groups is 2. The van der Waals surface area contributed by atoms with Crippen molar-refractivity contribution in [3.8, 4) is 11.8 Å². The fourth-order valence-corrected chi connectivity index (χ4v) is 3.88. The summed E-state index contributed by atoms with van der Waals surface area (Å²) in [6, 6.07) is 8.61. The molecule has 3 rings (SSSR count). The van der Waals surface area contributed by atoms with Crippen molar-refractivity contribution in [1.29, 1.82) is 0 Å². The Morgan fingerprint density at radius 2 is 1.81 bits per heavy atom. The maximum absolute atomic E-state index is 10.7. The van der Waals surface area contributed by atoms with E-state index in [4.69, 9.17) is 5.11 Å². The normalized spacial score (nSPS) is 25.7. The molecule has 0 saturated carbocycles. The Morgan fingerprint density at radius 3 is 2.46 bits per heavy atom. The van der Waals surface area contributed by atoms with E-state index in [0.29, 0.717) is 12.5 Å². The third-order valence-electron chi connectivity index (χ3n) is 5.47. The van der Waals surface area contributed by atoms with E-state index in [9.17, 15) is 5.11 Å². The second-order valence-electron chi connectivity index (χ2n) is 7.47. The first-order valence-corrected chi connectivity index (χ1v) is 9.67. The standard InChI is InChI=1S/C21H31N3O2/c1-22-11-13-24(14-12-22)20-9-10-23(17-21(20)26)16-19-7-5-18(6-8-19)4-2-3-15-25/h5-8,20-21,25-26H,3,9-17H2,1H3/t20-,21-/m1/s1. The van der Waals surface area contributed by atoms with E-state index in [1.165, 1.54) is 5.56 Å². The second-order valence-corrected chi connectivity index (χ2v) is 7.47. The van der Waals surface area contributed by atoms with E-state index in [1.807, 2.05) is 12.1 Å². The third-order valence-corrected chi connectivity index (χ3v) is 5.47. The zero-order valence-corrected chi connectivity index (χ0v) is 15.8. The largest absolute Gasteiger partial charge is 0.395 e. The lowest BCUT2D eigenvalue weighted by atomic mass is 9.98. The molecule has 26 heavy (non-hydrogen) atoms. The molecular weight excluding hydrogens is 326 g/mol. The van der Waals surface area contributed by atoms with E-state index in [1.54, 1.807) is 0 Å². The molecule has 0 bridgehead atoms. The van der Waals surface area contributed by atoms with Crippen molar-refractivity contribution in [2.45, 2.75) is 31.5 Å². The number of hydrogen-bond donors (Lipinski definition) is 2. The molecule has 5 heteroatoms. The highest BCUT2D eigenvalue weighted by atomic mass is 16.3. The summed E-state index contributed by atoms with van der Waals surface area (Å²) in [6.07, 6.45) is 1.29. The lowest BCUT2D eigenvalue weighted by Crippen LogP contribution is -2.58. The van der Waals surface area contributed by atoms with Crippen molar-refractivity contribution in [2.24, 2.45) is 0 Å². The summed E-state index contributed by atoms with van der Waals surface area (Å²) < 4.78 is 0. The van der Waals surface area contributed by atoms with E-state index < -0.39 is 0 Å². The number of piperazine rings is 1. The smallest absolute Gasteiger partial charge is 0.0822 e. The van der Waals surface area contributed by atoms with Crippen LogP contribution >= 0.6 is 0 Å². The molecule has 2 aliphatic heterocycles. The Balaban J connectivity index is 1.49. The maximum atomic E-state index is 10.7. The first-order valence-electron chi connectivity index (χ1n) is 9.67. The van der Waals surface area contributed by atoms with Crippen LogP contribution in [0.25, 0.3) is 0 Å². The fraction of sp³-hybridized carbons (Fsp3) is 0.619. The van der Waals surface area contributed by atoms with Gasteiger partial charge in [0.25, 0.3) is 0 Å². The van der Waals surface area contributed by atoms with Crippen LogP contribution in [-0.2, 0) is 6.54 Å². The third kappa shape index (κ3) is 5.29. The van der Waals surface area contributed by atoms with Crippen LogP contribution in [0.4, 0.5) is 0 Å². The van der Waals surface area contributed by atoms with Gasteiger partial charge in [0.2, 0.25) is 0 Å². The minimum absolute atomic E-state index is 0.109. The van der Waals surface area contributed by atoms with Crippen molar-refractivity contribution in [2.75, 3.05) is 52.9 Å². The average molecular weight is 357 g/mol. The van der Waals surface area contributed by atoms with E-state index >= 15 is 0 Å². The van der Waals surface area contributed by atoms with Crippen molar-refractivity contribution < 1.29 is 10.2 Å². The molecule has 2 heterocycles. The molecule has 2 N–H and O–H groups in total. The lowest BCUT2D eigenvalue weighted by molar-refractivity contribution is -0.0286. The molecule has 0 amide bonds. The monoisotopic (exact) mass is 357 g/mol. The minimum Gasteiger partial charge on any atom is -0.395 e. The van der Waals surface area contributed by atoms with Gasteiger partial charge in [-0.25, -0.2) is 0 Å². The first kappa shape index (κ1) is 19.3. The summed E-state index contributed by atoms with van der Waals surface area (Å²) in [6.45, 7) is 7.09. The number of β-amino-alcohol motifs (C(OH)–C–C–N with tert-alkyl or cyclic N) is 1. The molecule has 1 aromatic rings. The lowest BCUT2D eigenvalue weighted by Gasteiger charge is -2.44. The van der Waals surface area contributed by atoms with Crippen molar-refractivity contribution in [3.05, 3.63) is 35.4 Å². The van der Waals surface area contributed by atoms with Crippen LogP contribution < -0.4 is 0 Å². The van der Waals surface area contributed by atoms with Crippen LogP contribution in [0.15, 0.2) is 24.3 Å². The number of piperidine rings is 1. The molecule has 0 spiro atoms. The summed E-state index contributed by atoms with van der Waals surface area (Å²) in [4.78, 5) is 7.18. The Kier molecular flexibility index (Phi) is 7.07. The molecule has 5 nitrogen and oxygen atoms in total. The highest BCUT2D eigenvalue weighted by molar-refractivity contribution is 5.36. The van der Waals surface area contributed by atoms with Crippen LogP contribution in [0, 0.1) is 11.8 Å². The van der Waals surface area contributed by atoms with Gasteiger partial charge in [0, 0.05) is 63.8 Å². The SMILES string of the molecule is CN1CCN([C@@H]2CCN(Cc3ccc(C#CCCO)cc3)C[C@H]2O)CC1. The van der Waals surface area contributed by atoms with Crippen molar-refractivity contribution >= 4 is 0 Å². The molecule has 2 atom stereocenters. The van der Waals surface area contributed by atoms with Gasteiger partial charge in [-0.15, -0.1) is 0 Å². The Hall–Kier alpha value is -1.42. The number of likely N-dealkylation sites (N-methyl/N-ethyl adjacent to an activating group) is 1. The van der Waals surface area contributed by atoms with Gasteiger partial charge in [0.15, 0.2) is 0 Å². The molecule has 2 aliphatic rings. The maximum Gasteiger partial charge on any atom is 0.0822 e. The molecule has 1 aromatic carbocycles. The average Bonchev–Trinajstić information content (AvgIpc) is 2.65. The predicted octanol–water partition coefficient (Wildman–Crippen LogP) is 0.603. The summed E-state index contributed by atoms with van der Waals surface area (Å²) in [5.41, 5.74) is 2.24. The summed E-state index contributed by atoms with van der Waals surface area (Å²) >= 11 is 0.